The molecule has 0 fully saturated rings. The van der Waals surface area contributed by atoms with E-state index < -0.39 is 29.9 Å². The Morgan fingerprint density at radius 2 is 1.50 bits per heavy atom. The van der Waals surface area contributed by atoms with Crippen LogP contribution in [0.2, 0.25) is 0 Å². The molecule has 0 radical (unpaired) electrons. The van der Waals surface area contributed by atoms with Crippen molar-refractivity contribution >= 4 is 30.5 Å². The summed E-state index contributed by atoms with van der Waals surface area (Å²) in [6.07, 6.45) is 0.429. The second kappa shape index (κ2) is 8.98. The average molecular weight is 253 g/mol. The van der Waals surface area contributed by atoms with Gasteiger partial charge in [0.25, 0.3) is 0 Å². The van der Waals surface area contributed by atoms with E-state index in [1.807, 2.05) is 0 Å². The van der Waals surface area contributed by atoms with Gasteiger partial charge in [0.2, 0.25) is 0 Å². The molecule has 0 aromatic rings. The first kappa shape index (κ1) is 17.1. The zero-order valence-electron chi connectivity index (χ0n) is 8.66. The van der Waals surface area contributed by atoms with E-state index in [-0.39, 0.29) is 0 Å². The molecule has 1 atom stereocenters. The molecule has 0 aliphatic carbocycles. The Labute approximate surface area is 97.7 Å². The molecule has 7 nitrogen and oxygen atoms in total. The van der Waals surface area contributed by atoms with Crippen LogP contribution in [0.5, 0.6) is 0 Å². The van der Waals surface area contributed by atoms with E-state index in [9.17, 15) is 14.4 Å². The molecular weight excluding hydrogens is 238 g/mol. The van der Waals surface area contributed by atoms with Crippen LogP contribution in [0, 0.1) is 5.92 Å². The summed E-state index contributed by atoms with van der Waals surface area (Å²) in [6, 6.07) is -0.743. The number of rotatable bonds is 5. The van der Waals surface area contributed by atoms with Crippen molar-refractivity contribution in [3.8, 4) is 0 Å². The number of carbonyl (C=O) groups is 3. The molecule has 16 heavy (non-hydrogen) atoms. The zero-order valence-corrected chi connectivity index (χ0v) is 9.55. The van der Waals surface area contributed by atoms with Crippen LogP contribution in [0.4, 0.5) is 0 Å². The standard InChI is InChI=1S/C4H9NO2S.C4H6O4/c5-3(1-2-8)4(6)7;1-2(3(5)6)4(7)8/h3,8H,1-2,5H2,(H,6,7);2H,1H3,(H,5,6)(H,7,8). The summed E-state index contributed by atoms with van der Waals surface area (Å²) >= 11 is 3.81. The van der Waals surface area contributed by atoms with Gasteiger partial charge in [-0.3, -0.25) is 14.4 Å². The molecule has 0 aromatic carbocycles. The Kier molecular flexibility index (Phi) is 9.61. The number of carboxylic acids is 3. The Morgan fingerprint density at radius 3 is 1.56 bits per heavy atom. The van der Waals surface area contributed by atoms with Gasteiger partial charge in [0.1, 0.15) is 6.04 Å². The van der Waals surface area contributed by atoms with Crippen molar-refractivity contribution in [2.24, 2.45) is 11.7 Å². The first-order chi connectivity index (χ1) is 7.23. The van der Waals surface area contributed by atoms with E-state index in [0.29, 0.717) is 12.2 Å². The first-order valence-electron chi connectivity index (χ1n) is 4.28. The minimum Gasteiger partial charge on any atom is -0.481 e. The molecule has 8 heteroatoms. The topological polar surface area (TPSA) is 138 Å². The molecule has 0 aromatic heterocycles. The highest BCUT2D eigenvalue weighted by molar-refractivity contribution is 7.80. The van der Waals surface area contributed by atoms with E-state index in [2.05, 4.69) is 12.6 Å². The number of hydrogen-bond donors (Lipinski definition) is 5. The van der Waals surface area contributed by atoms with Crippen LogP contribution in [0.1, 0.15) is 13.3 Å². The Hall–Kier alpha value is -1.28. The molecule has 0 spiro atoms. The number of aliphatic carboxylic acids is 3. The van der Waals surface area contributed by atoms with Crippen molar-refractivity contribution in [1.29, 1.82) is 0 Å². The van der Waals surface area contributed by atoms with Gasteiger partial charge in [-0.25, -0.2) is 0 Å². The SMILES string of the molecule is CC(C(=O)O)C(=O)O.NC(CCS)C(=O)O. The fraction of sp³-hybridized carbons (Fsp3) is 0.625. The fourth-order valence-electron chi connectivity index (χ4n) is 0.368. The largest absolute Gasteiger partial charge is 0.481 e. The number of carboxylic acid groups (broad SMARTS) is 3. The van der Waals surface area contributed by atoms with Crippen molar-refractivity contribution in [3.05, 3.63) is 0 Å². The normalized spacial score (nSPS) is 11.2. The summed E-state index contributed by atoms with van der Waals surface area (Å²) in [7, 11) is 0. The maximum atomic E-state index is 9.93. The van der Waals surface area contributed by atoms with Crippen LogP contribution in [-0.4, -0.2) is 45.0 Å². The molecule has 1 unspecified atom stereocenters. The van der Waals surface area contributed by atoms with Gasteiger partial charge in [-0.1, -0.05) is 0 Å². The van der Waals surface area contributed by atoms with Crippen LogP contribution < -0.4 is 5.73 Å². The molecule has 0 rings (SSSR count). The molecule has 0 amide bonds. The van der Waals surface area contributed by atoms with Crippen LogP contribution in [0.15, 0.2) is 0 Å². The van der Waals surface area contributed by atoms with E-state index >= 15 is 0 Å². The Morgan fingerprint density at radius 1 is 1.12 bits per heavy atom. The van der Waals surface area contributed by atoms with Gasteiger partial charge in [0, 0.05) is 0 Å². The molecule has 0 saturated carbocycles. The lowest BCUT2D eigenvalue weighted by Gasteiger charge is -2.00. The lowest BCUT2D eigenvalue weighted by molar-refractivity contribution is -0.153. The van der Waals surface area contributed by atoms with Gasteiger partial charge >= 0.3 is 17.9 Å². The van der Waals surface area contributed by atoms with Crippen LogP contribution in [0.3, 0.4) is 0 Å². The molecular formula is C8H15NO6S. The molecule has 0 heterocycles. The summed E-state index contributed by atoms with van der Waals surface area (Å²) < 4.78 is 0. The van der Waals surface area contributed by atoms with Crippen molar-refractivity contribution in [3.63, 3.8) is 0 Å². The van der Waals surface area contributed by atoms with Crippen molar-refractivity contribution in [2.45, 2.75) is 19.4 Å². The number of nitrogens with two attached hydrogens (primary N) is 1. The van der Waals surface area contributed by atoms with Crippen LogP contribution >= 0.6 is 12.6 Å². The molecule has 0 saturated heterocycles. The zero-order chi connectivity index (χ0) is 13.3. The third kappa shape index (κ3) is 9.28. The average Bonchev–Trinajstić information content (AvgIpc) is 2.17. The van der Waals surface area contributed by atoms with Crippen LogP contribution in [-0.2, 0) is 14.4 Å². The van der Waals surface area contributed by atoms with Gasteiger partial charge in [-0.2, -0.15) is 12.6 Å². The fourth-order valence-corrected chi connectivity index (χ4v) is 0.646. The third-order valence-corrected chi connectivity index (χ3v) is 1.76. The molecule has 0 aliphatic heterocycles. The molecule has 5 N–H and O–H groups in total. The second-order valence-electron chi connectivity index (χ2n) is 2.86. The van der Waals surface area contributed by atoms with Crippen LogP contribution in [0.25, 0.3) is 0 Å². The lowest BCUT2D eigenvalue weighted by atomic mass is 10.2. The van der Waals surface area contributed by atoms with E-state index in [0.717, 1.165) is 6.92 Å². The maximum absolute atomic E-state index is 9.93. The van der Waals surface area contributed by atoms with Gasteiger partial charge < -0.3 is 21.1 Å². The van der Waals surface area contributed by atoms with Gasteiger partial charge in [-0.05, 0) is 19.1 Å². The van der Waals surface area contributed by atoms with E-state index in [1.54, 1.807) is 0 Å². The predicted molar refractivity (Wildman–Crippen MR) is 58.5 cm³/mol. The predicted octanol–water partition coefficient (Wildman–Crippen LogP) is -0.490. The minimum absolute atomic E-state index is 0.429. The summed E-state index contributed by atoms with van der Waals surface area (Å²) in [6.45, 7) is 1.12. The van der Waals surface area contributed by atoms with Crippen molar-refractivity contribution in [1.82, 2.24) is 0 Å². The summed E-state index contributed by atoms with van der Waals surface area (Å²) in [5.74, 6) is -4.35. The number of thiol groups is 1. The molecule has 94 valence electrons. The molecule has 0 bridgehead atoms. The highest BCUT2D eigenvalue weighted by atomic mass is 32.1. The smallest absolute Gasteiger partial charge is 0.320 e. The monoisotopic (exact) mass is 253 g/mol. The van der Waals surface area contributed by atoms with E-state index in [1.165, 1.54) is 0 Å². The first-order valence-corrected chi connectivity index (χ1v) is 4.92. The van der Waals surface area contributed by atoms with Gasteiger partial charge in [-0.15, -0.1) is 0 Å². The third-order valence-electron chi connectivity index (χ3n) is 1.50. The van der Waals surface area contributed by atoms with Gasteiger partial charge in [0.05, 0.1) is 0 Å². The minimum atomic E-state index is -1.31. The Balaban J connectivity index is 0. The highest BCUT2D eigenvalue weighted by Gasteiger charge is 2.18. The summed E-state index contributed by atoms with van der Waals surface area (Å²) in [5, 5.41) is 24.1. The van der Waals surface area contributed by atoms with Crippen molar-refractivity contribution < 1.29 is 29.7 Å². The lowest BCUT2D eigenvalue weighted by Crippen LogP contribution is -2.30. The highest BCUT2D eigenvalue weighted by Crippen LogP contribution is 1.91. The second-order valence-corrected chi connectivity index (χ2v) is 3.30. The quantitative estimate of drug-likeness (QED) is 0.329. The summed E-state index contributed by atoms with van der Waals surface area (Å²) in [5.41, 5.74) is 5.08. The van der Waals surface area contributed by atoms with Crippen molar-refractivity contribution in [2.75, 3.05) is 5.75 Å². The number of hydrogen-bond acceptors (Lipinski definition) is 5. The Bertz CT molecular complexity index is 243. The summed E-state index contributed by atoms with van der Waals surface area (Å²) in [4.78, 5) is 29.5. The molecule has 0 aliphatic rings. The van der Waals surface area contributed by atoms with Gasteiger partial charge in [0.15, 0.2) is 5.92 Å². The van der Waals surface area contributed by atoms with E-state index in [4.69, 9.17) is 21.1 Å². The maximum Gasteiger partial charge on any atom is 0.320 e.